The Labute approximate surface area is 98.2 Å². The van der Waals surface area contributed by atoms with E-state index in [-0.39, 0.29) is 16.8 Å². The van der Waals surface area contributed by atoms with Crippen LogP contribution in [0, 0.1) is 5.82 Å². The number of amides is 1. The molecule has 1 fully saturated rings. The van der Waals surface area contributed by atoms with Crippen molar-refractivity contribution in [2.75, 3.05) is 13.1 Å². The second-order valence-electron chi connectivity index (χ2n) is 3.82. The second kappa shape index (κ2) is 4.78. The zero-order chi connectivity index (χ0) is 11.5. The summed E-state index contributed by atoms with van der Waals surface area (Å²) in [7, 11) is 0. The van der Waals surface area contributed by atoms with Crippen molar-refractivity contribution in [2.24, 2.45) is 0 Å². The zero-order valence-electron chi connectivity index (χ0n) is 8.75. The Morgan fingerprint density at radius 1 is 1.31 bits per heavy atom. The number of pyridine rings is 1. The maximum Gasteiger partial charge on any atom is 0.275 e. The molecule has 5 heteroatoms. The van der Waals surface area contributed by atoms with Gasteiger partial charge in [-0.15, -0.1) is 0 Å². The van der Waals surface area contributed by atoms with Crippen LogP contribution in [0.1, 0.15) is 29.8 Å². The number of likely N-dealkylation sites (tertiary alicyclic amines) is 1. The average Bonchev–Trinajstić information content (AvgIpc) is 2.32. The molecule has 0 saturated carbocycles. The number of halogens is 2. The SMILES string of the molecule is O=C(c1nc(Cl)ccc1F)N1CCCCC1. The van der Waals surface area contributed by atoms with Crippen molar-refractivity contribution in [3.8, 4) is 0 Å². The fourth-order valence-electron chi connectivity index (χ4n) is 1.82. The highest BCUT2D eigenvalue weighted by Crippen LogP contribution is 2.16. The van der Waals surface area contributed by atoms with Crippen molar-refractivity contribution < 1.29 is 9.18 Å². The van der Waals surface area contributed by atoms with Gasteiger partial charge in [0, 0.05) is 13.1 Å². The molecule has 0 N–H and O–H groups in total. The smallest absolute Gasteiger partial charge is 0.275 e. The summed E-state index contributed by atoms with van der Waals surface area (Å²) >= 11 is 5.65. The molecule has 0 bridgehead atoms. The number of hydrogen-bond acceptors (Lipinski definition) is 2. The van der Waals surface area contributed by atoms with Gasteiger partial charge < -0.3 is 4.90 Å². The molecule has 1 saturated heterocycles. The molecule has 2 rings (SSSR count). The van der Waals surface area contributed by atoms with Gasteiger partial charge in [0.1, 0.15) is 5.15 Å². The van der Waals surface area contributed by atoms with E-state index in [0.717, 1.165) is 19.3 Å². The minimum Gasteiger partial charge on any atom is -0.337 e. The highest BCUT2D eigenvalue weighted by atomic mass is 35.5. The third-order valence-electron chi connectivity index (χ3n) is 2.66. The highest BCUT2D eigenvalue weighted by Gasteiger charge is 2.22. The Morgan fingerprint density at radius 2 is 2.00 bits per heavy atom. The van der Waals surface area contributed by atoms with E-state index in [1.54, 1.807) is 4.90 Å². The highest BCUT2D eigenvalue weighted by molar-refractivity contribution is 6.29. The molecule has 0 atom stereocenters. The predicted molar refractivity (Wildman–Crippen MR) is 59.0 cm³/mol. The summed E-state index contributed by atoms with van der Waals surface area (Å²) in [6.07, 6.45) is 3.05. The number of aromatic nitrogens is 1. The molecule has 0 spiro atoms. The van der Waals surface area contributed by atoms with Crippen molar-refractivity contribution in [1.82, 2.24) is 9.88 Å². The third-order valence-corrected chi connectivity index (χ3v) is 2.87. The molecule has 16 heavy (non-hydrogen) atoms. The van der Waals surface area contributed by atoms with Crippen LogP contribution in [0.15, 0.2) is 12.1 Å². The van der Waals surface area contributed by atoms with Crippen LogP contribution in [-0.4, -0.2) is 28.9 Å². The summed E-state index contributed by atoms with van der Waals surface area (Å²) in [5.74, 6) is -0.973. The van der Waals surface area contributed by atoms with Crippen molar-refractivity contribution in [3.05, 3.63) is 28.8 Å². The third kappa shape index (κ3) is 2.32. The Bertz CT molecular complexity index is 405. The summed E-state index contributed by atoms with van der Waals surface area (Å²) in [5, 5.41) is 0.141. The summed E-state index contributed by atoms with van der Waals surface area (Å²) in [5.41, 5.74) is -0.172. The quantitative estimate of drug-likeness (QED) is 0.709. The minimum atomic E-state index is -0.611. The Kier molecular flexibility index (Phi) is 3.39. The van der Waals surface area contributed by atoms with Crippen LogP contribution in [0.5, 0.6) is 0 Å². The maximum absolute atomic E-state index is 13.4. The standard InChI is InChI=1S/C11H12ClFN2O/c12-9-5-4-8(13)10(14-9)11(16)15-6-2-1-3-7-15/h4-5H,1-3,6-7H2. The molecule has 1 aromatic rings. The van der Waals surface area contributed by atoms with E-state index in [4.69, 9.17) is 11.6 Å². The van der Waals surface area contributed by atoms with Crippen molar-refractivity contribution in [3.63, 3.8) is 0 Å². The Balaban J connectivity index is 2.22. The van der Waals surface area contributed by atoms with Crippen molar-refractivity contribution in [2.45, 2.75) is 19.3 Å². The van der Waals surface area contributed by atoms with Gasteiger partial charge in [0.25, 0.3) is 5.91 Å². The summed E-state index contributed by atoms with van der Waals surface area (Å²) in [6, 6.07) is 2.51. The van der Waals surface area contributed by atoms with Gasteiger partial charge in [-0.2, -0.15) is 0 Å². The first-order chi connectivity index (χ1) is 7.68. The molecule has 0 aliphatic carbocycles. The summed E-state index contributed by atoms with van der Waals surface area (Å²) in [4.78, 5) is 17.3. The molecule has 1 amide bonds. The number of hydrogen-bond donors (Lipinski definition) is 0. The van der Waals surface area contributed by atoms with E-state index in [1.807, 2.05) is 0 Å². The van der Waals surface area contributed by atoms with Crippen molar-refractivity contribution in [1.29, 1.82) is 0 Å². The normalized spacial score (nSPS) is 16.2. The van der Waals surface area contributed by atoms with Gasteiger partial charge in [-0.05, 0) is 31.4 Å². The van der Waals surface area contributed by atoms with Crippen LogP contribution in [0.2, 0.25) is 5.15 Å². The Morgan fingerprint density at radius 3 is 2.69 bits per heavy atom. The molecule has 0 aromatic carbocycles. The fourth-order valence-corrected chi connectivity index (χ4v) is 1.96. The van der Waals surface area contributed by atoms with Crippen molar-refractivity contribution >= 4 is 17.5 Å². The first-order valence-electron chi connectivity index (χ1n) is 5.30. The number of nitrogens with zero attached hydrogens (tertiary/aromatic N) is 2. The second-order valence-corrected chi connectivity index (χ2v) is 4.20. The molecule has 1 aromatic heterocycles. The van der Waals surface area contributed by atoms with E-state index >= 15 is 0 Å². The molecule has 0 radical (unpaired) electrons. The zero-order valence-corrected chi connectivity index (χ0v) is 9.50. The number of piperidine rings is 1. The molecular formula is C11H12ClFN2O. The van der Waals surface area contributed by atoms with E-state index in [0.29, 0.717) is 13.1 Å². The van der Waals surface area contributed by atoms with Crippen LogP contribution in [0.25, 0.3) is 0 Å². The number of carbonyl (C=O) groups is 1. The fraction of sp³-hybridized carbons (Fsp3) is 0.455. The number of rotatable bonds is 1. The lowest BCUT2D eigenvalue weighted by Gasteiger charge is -2.26. The van der Waals surface area contributed by atoms with Gasteiger partial charge in [-0.25, -0.2) is 9.37 Å². The molecule has 0 unspecified atom stereocenters. The first kappa shape index (κ1) is 11.3. The van der Waals surface area contributed by atoms with Gasteiger partial charge in [0.05, 0.1) is 0 Å². The van der Waals surface area contributed by atoms with Crippen LogP contribution in [-0.2, 0) is 0 Å². The maximum atomic E-state index is 13.4. The number of carbonyl (C=O) groups excluding carboxylic acids is 1. The van der Waals surface area contributed by atoms with Crippen LogP contribution < -0.4 is 0 Å². The molecule has 3 nitrogen and oxygen atoms in total. The molecular weight excluding hydrogens is 231 g/mol. The van der Waals surface area contributed by atoms with Crippen LogP contribution in [0.4, 0.5) is 4.39 Å². The largest absolute Gasteiger partial charge is 0.337 e. The topological polar surface area (TPSA) is 33.2 Å². The van der Waals surface area contributed by atoms with Gasteiger partial charge in [-0.3, -0.25) is 4.79 Å². The lowest BCUT2D eigenvalue weighted by atomic mass is 10.1. The lowest BCUT2D eigenvalue weighted by Crippen LogP contribution is -2.36. The average molecular weight is 243 g/mol. The minimum absolute atomic E-state index is 0.141. The lowest BCUT2D eigenvalue weighted by molar-refractivity contribution is 0.0713. The van der Waals surface area contributed by atoms with E-state index in [2.05, 4.69) is 4.98 Å². The summed E-state index contributed by atoms with van der Waals surface area (Å²) < 4.78 is 13.4. The molecule has 1 aliphatic heterocycles. The van der Waals surface area contributed by atoms with Gasteiger partial charge in [-0.1, -0.05) is 11.6 Å². The Hall–Kier alpha value is -1.16. The predicted octanol–water partition coefficient (Wildman–Crippen LogP) is 2.50. The molecule has 86 valence electrons. The molecule has 1 aliphatic rings. The monoisotopic (exact) mass is 242 g/mol. The van der Waals surface area contributed by atoms with E-state index in [1.165, 1.54) is 12.1 Å². The van der Waals surface area contributed by atoms with E-state index < -0.39 is 5.82 Å². The first-order valence-corrected chi connectivity index (χ1v) is 5.67. The van der Waals surface area contributed by atoms with Crippen LogP contribution >= 0.6 is 11.6 Å². The van der Waals surface area contributed by atoms with Crippen LogP contribution in [0.3, 0.4) is 0 Å². The molecule has 2 heterocycles. The van der Waals surface area contributed by atoms with Gasteiger partial charge in [0.15, 0.2) is 11.5 Å². The van der Waals surface area contributed by atoms with Gasteiger partial charge >= 0.3 is 0 Å². The van der Waals surface area contributed by atoms with E-state index in [9.17, 15) is 9.18 Å². The summed E-state index contributed by atoms with van der Waals surface area (Å²) in [6.45, 7) is 1.35. The van der Waals surface area contributed by atoms with Gasteiger partial charge in [0.2, 0.25) is 0 Å².